The van der Waals surface area contributed by atoms with E-state index in [0.29, 0.717) is 6.61 Å². The Morgan fingerprint density at radius 1 is 1.58 bits per heavy atom. The zero-order chi connectivity index (χ0) is 8.81. The first-order valence-electron chi connectivity index (χ1n) is 4.29. The SMILES string of the molecule is CCOC(=O)C1CCCCSS1. The van der Waals surface area contributed by atoms with Gasteiger partial charge in [0, 0.05) is 5.75 Å². The van der Waals surface area contributed by atoms with Crippen molar-refractivity contribution in [3.05, 3.63) is 0 Å². The highest BCUT2D eigenvalue weighted by molar-refractivity contribution is 8.77. The van der Waals surface area contributed by atoms with Gasteiger partial charge in [-0.3, -0.25) is 4.79 Å². The number of hydrogen-bond acceptors (Lipinski definition) is 4. The van der Waals surface area contributed by atoms with E-state index in [9.17, 15) is 4.79 Å². The molecule has 1 aliphatic heterocycles. The van der Waals surface area contributed by atoms with Crippen molar-refractivity contribution in [3.63, 3.8) is 0 Å². The van der Waals surface area contributed by atoms with E-state index in [1.54, 1.807) is 21.6 Å². The van der Waals surface area contributed by atoms with Gasteiger partial charge in [-0.05, 0) is 19.8 Å². The van der Waals surface area contributed by atoms with Crippen LogP contribution >= 0.6 is 21.6 Å². The molecule has 1 unspecified atom stereocenters. The van der Waals surface area contributed by atoms with Crippen molar-refractivity contribution in [3.8, 4) is 0 Å². The van der Waals surface area contributed by atoms with E-state index >= 15 is 0 Å². The highest BCUT2D eigenvalue weighted by Gasteiger charge is 2.21. The summed E-state index contributed by atoms with van der Waals surface area (Å²) in [6.45, 7) is 2.35. The van der Waals surface area contributed by atoms with Crippen molar-refractivity contribution in [2.24, 2.45) is 0 Å². The molecule has 0 saturated carbocycles. The fraction of sp³-hybridized carbons (Fsp3) is 0.875. The second-order valence-corrected chi connectivity index (χ2v) is 5.34. The zero-order valence-corrected chi connectivity index (χ0v) is 8.88. The molecular weight excluding hydrogens is 192 g/mol. The first-order valence-corrected chi connectivity index (χ1v) is 6.67. The van der Waals surface area contributed by atoms with Crippen LogP contribution in [0.5, 0.6) is 0 Å². The molecule has 1 saturated heterocycles. The van der Waals surface area contributed by atoms with Gasteiger partial charge in [0.25, 0.3) is 0 Å². The van der Waals surface area contributed by atoms with Gasteiger partial charge in [-0.15, -0.1) is 0 Å². The third-order valence-electron chi connectivity index (χ3n) is 1.68. The third kappa shape index (κ3) is 3.27. The number of carbonyl (C=O) groups excluding carboxylic acids is 1. The minimum atomic E-state index is -0.0306. The molecule has 0 aromatic carbocycles. The topological polar surface area (TPSA) is 26.3 Å². The van der Waals surface area contributed by atoms with Gasteiger partial charge in [-0.1, -0.05) is 28.0 Å². The summed E-state index contributed by atoms with van der Waals surface area (Å²) in [6, 6.07) is 0. The minimum Gasteiger partial charge on any atom is -0.465 e. The maximum atomic E-state index is 11.3. The van der Waals surface area contributed by atoms with Crippen LogP contribution in [0.2, 0.25) is 0 Å². The highest BCUT2D eigenvalue weighted by atomic mass is 33.1. The van der Waals surface area contributed by atoms with Crippen LogP contribution in [0.25, 0.3) is 0 Å². The summed E-state index contributed by atoms with van der Waals surface area (Å²) >= 11 is 0. The molecule has 0 N–H and O–H groups in total. The Morgan fingerprint density at radius 3 is 3.17 bits per heavy atom. The van der Waals surface area contributed by atoms with Crippen LogP contribution in [0.4, 0.5) is 0 Å². The normalized spacial score (nSPS) is 24.6. The Bertz CT molecular complexity index is 142. The fourth-order valence-electron chi connectivity index (χ4n) is 1.06. The zero-order valence-electron chi connectivity index (χ0n) is 7.25. The van der Waals surface area contributed by atoms with Gasteiger partial charge in [0.15, 0.2) is 0 Å². The molecule has 1 aliphatic rings. The van der Waals surface area contributed by atoms with E-state index in [-0.39, 0.29) is 11.2 Å². The Hall–Kier alpha value is 0.170. The molecule has 4 heteroatoms. The lowest BCUT2D eigenvalue weighted by molar-refractivity contribution is -0.142. The average molecular weight is 206 g/mol. The van der Waals surface area contributed by atoms with E-state index < -0.39 is 0 Å². The maximum Gasteiger partial charge on any atom is 0.319 e. The summed E-state index contributed by atoms with van der Waals surface area (Å²) in [5.41, 5.74) is 0. The van der Waals surface area contributed by atoms with Gasteiger partial charge < -0.3 is 4.74 Å². The summed E-state index contributed by atoms with van der Waals surface area (Å²) in [5.74, 6) is 1.14. The van der Waals surface area contributed by atoms with Crippen LogP contribution in [0, 0.1) is 0 Å². The molecular formula is C8H14O2S2. The van der Waals surface area contributed by atoms with Crippen molar-refractivity contribution in [2.75, 3.05) is 12.4 Å². The van der Waals surface area contributed by atoms with E-state index in [2.05, 4.69) is 0 Å². The minimum absolute atomic E-state index is 0.0306. The molecule has 0 aromatic heterocycles. The van der Waals surface area contributed by atoms with Gasteiger partial charge >= 0.3 is 5.97 Å². The van der Waals surface area contributed by atoms with Crippen molar-refractivity contribution in [1.29, 1.82) is 0 Å². The van der Waals surface area contributed by atoms with Crippen LogP contribution in [0.3, 0.4) is 0 Å². The summed E-state index contributed by atoms with van der Waals surface area (Å²) < 4.78 is 4.96. The maximum absolute atomic E-state index is 11.3. The molecule has 70 valence electrons. The van der Waals surface area contributed by atoms with E-state index in [0.717, 1.165) is 12.8 Å². The lowest BCUT2D eigenvalue weighted by Gasteiger charge is -2.10. The predicted molar refractivity (Wildman–Crippen MR) is 54.3 cm³/mol. The van der Waals surface area contributed by atoms with E-state index in [1.807, 2.05) is 6.92 Å². The molecule has 0 aliphatic carbocycles. The van der Waals surface area contributed by atoms with Gasteiger partial charge in [-0.2, -0.15) is 0 Å². The molecule has 0 bridgehead atoms. The first-order chi connectivity index (χ1) is 5.84. The Labute approximate surface area is 81.2 Å². The quantitative estimate of drug-likeness (QED) is 0.512. The molecule has 0 aromatic rings. The third-order valence-corrected chi connectivity index (χ3v) is 4.53. The van der Waals surface area contributed by atoms with Gasteiger partial charge in [-0.25, -0.2) is 0 Å². The number of ether oxygens (including phenoxy) is 1. The van der Waals surface area contributed by atoms with Crippen LogP contribution in [0.1, 0.15) is 26.2 Å². The number of rotatable bonds is 2. The molecule has 0 amide bonds. The predicted octanol–water partition coefficient (Wildman–Crippen LogP) is 2.48. The molecule has 2 nitrogen and oxygen atoms in total. The highest BCUT2D eigenvalue weighted by Crippen LogP contribution is 2.34. The monoisotopic (exact) mass is 206 g/mol. The largest absolute Gasteiger partial charge is 0.465 e. The standard InChI is InChI=1S/C8H14O2S2/c1-2-10-8(9)7-5-3-4-6-11-12-7/h7H,2-6H2,1H3. The van der Waals surface area contributed by atoms with Crippen molar-refractivity contribution in [1.82, 2.24) is 0 Å². The summed E-state index contributed by atoms with van der Waals surface area (Å²) in [5, 5.41) is 0.0810. The number of esters is 1. The number of hydrogen-bond donors (Lipinski definition) is 0. The second-order valence-electron chi connectivity index (χ2n) is 2.65. The van der Waals surface area contributed by atoms with Crippen molar-refractivity contribution in [2.45, 2.75) is 31.4 Å². The Morgan fingerprint density at radius 2 is 2.42 bits per heavy atom. The molecule has 12 heavy (non-hydrogen) atoms. The van der Waals surface area contributed by atoms with E-state index in [1.165, 1.54) is 12.2 Å². The van der Waals surface area contributed by atoms with Crippen LogP contribution < -0.4 is 0 Å². The molecule has 0 spiro atoms. The van der Waals surface area contributed by atoms with Crippen molar-refractivity contribution >= 4 is 27.6 Å². The summed E-state index contributed by atoms with van der Waals surface area (Å²) in [7, 11) is 3.47. The Kier molecular flexibility index (Phi) is 4.92. The van der Waals surface area contributed by atoms with E-state index in [4.69, 9.17) is 4.74 Å². The fourth-order valence-corrected chi connectivity index (χ4v) is 3.71. The molecule has 0 radical (unpaired) electrons. The molecule has 1 heterocycles. The van der Waals surface area contributed by atoms with Gasteiger partial charge in [0.1, 0.15) is 5.25 Å². The lowest BCUT2D eigenvalue weighted by Crippen LogP contribution is -2.18. The number of carbonyl (C=O) groups is 1. The van der Waals surface area contributed by atoms with Crippen molar-refractivity contribution < 1.29 is 9.53 Å². The average Bonchev–Trinajstić information content (AvgIpc) is 2.32. The second kappa shape index (κ2) is 5.75. The molecule has 1 rings (SSSR count). The summed E-state index contributed by atoms with van der Waals surface area (Å²) in [6.07, 6.45) is 3.37. The molecule has 1 atom stereocenters. The molecule has 1 fully saturated rings. The van der Waals surface area contributed by atoms with Crippen LogP contribution in [0.15, 0.2) is 0 Å². The van der Waals surface area contributed by atoms with Crippen LogP contribution in [-0.4, -0.2) is 23.6 Å². The smallest absolute Gasteiger partial charge is 0.319 e. The first kappa shape index (κ1) is 10.3. The van der Waals surface area contributed by atoms with Gasteiger partial charge in [0.05, 0.1) is 6.61 Å². The summed E-state index contributed by atoms with van der Waals surface area (Å²) in [4.78, 5) is 11.3. The van der Waals surface area contributed by atoms with Crippen LogP contribution in [-0.2, 0) is 9.53 Å². The Balaban J connectivity index is 2.32. The lowest BCUT2D eigenvalue weighted by atomic mass is 10.2. The van der Waals surface area contributed by atoms with Gasteiger partial charge in [0.2, 0.25) is 0 Å².